The molecule has 1 aliphatic heterocycles. The maximum atomic E-state index is 13.5. The first kappa shape index (κ1) is 30.1. The van der Waals surface area contributed by atoms with Crippen LogP contribution in [0.1, 0.15) is 64.0 Å². The van der Waals surface area contributed by atoms with Gasteiger partial charge < -0.3 is 19.7 Å². The molecule has 2 aromatic carbocycles. The van der Waals surface area contributed by atoms with Gasteiger partial charge in [-0.15, -0.1) is 0 Å². The van der Waals surface area contributed by atoms with Gasteiger partial charge in [-0.1, -0.05) is 60.7 Å². The van der Waals surface area contributed by atoms with E-state index in [1.54, 1.807) is 4.90 Å². The lowest BCUT2D eigenvalue weighted by Gasteiger charge is -2.30. The molecule has 2 N–H and O–H groups in total. The Morgan fingerprint density at radius 2 is 1.59 bits per heavy atom. The third-order valence-corrected chi connectivity index (χ3v) is 6.22. The SMILES string of the molecule is CC(C)(C)OC(=O)[C@@H]1CCCN1C(=O)[C@H](CCCCNC(=O)OCc1ccccc1)NOCc1ccccc1. The summed E-state index contributed by atoms with van der Waals surface area (Å²) in [6.45, 7) is 6.88. The van der Waals surface area contributed by atoms with Crippen molar-refractivity contribution in [2.24, 2.45) is 0 Å². The second-order valence-corrected chi connectivity index (χ2v) is 10.7. The Balaban J connectivity index is 1.50. The summed E-state index contributed by atoms with van der Waals surface area (Å²) in [6, 6.07) is 17.9. The van der Waals surface area contributed by atoms with E-state index in [4.69, 9.17) is 14.3 Å². The second kappa shape index (κ2) is 15.2. The smallest absolute Gasteiger partial charge is 0.407 e. The summed E-state index contributed by atoms with van der Waals surface area (Å²) in [5.74, 6) is -0.567. The molecule has 212 valence electrons. The van der Waals surface area contributed by atoms with Gasteiger partial charge in [-0.25, -0.2) is 9.59 Å². The number of nitrogens with zero attached hydrogens (tertiary/aromatic N) is 1. The van der Waals surface area contributed by atoms with Gasteiger partial charge in [0.25, 0.3) is 0 Å². The number of likely N-dealkylation sites (tertiary alicyclic amines) is 1. The van der Waals surface area contributed by atoms with Crippen LogP contribution in [0.3, 0.4) is 0 Å². The van der Waals surface area contributed by atoms with Crippen molar-refractivity contribution >= 4 is 18.0 Å². The number of ether oxygens (including phenoxy) is 2. The summed E-state index contributed by atoms with van der Waals surface area (Å²) in [4.78, 5) is 45.6. The largest absolute Gasteiger partial charge is 0.458 e. The number of hydrogen-bond acceptors (Lipinski definition) is 7. The number of amides is 2. The summed E-state index contributed by atoms with van der Waals surface area (Å²) in [5, 5.41) is 2.75. The number of carbonyl (C=O) groups is 3. The molecule has 2 aromatic rings. The van der Waals surface area contributed by atoms with Crippen LogP contribution in [-0.2, 0) is 37.1 Å². The minimum Gasteiger partial charge on any atom is -0.458 e. The molecule has 1 saturated heterocycles. The number of benzene rings is 2. The molecule has 0 aromatic heterocycles. The summed E-state index contributed by atoms with van der Waals surface area (Å²) in [6.07, 6.45) is 2.62. The average Bonchev–Trinajstić information content (AvgIpc) is 3.41. The van der Waals surface area contributed by atoms with Gasteiger partial charge >= 0.3 is 12.1 Å². The Hall–Kier alpha value is -3.43. The fourth-order valence-electron chi connectivity index (χ4n) is 4.32. The van der Waals surface area contributed by atoms with Crippen LogP contribution in [0.25, 0.3) is 0 Å². The molecule has 0 bridgehead atoms. The van der Waals surface area contributed by atoms with Gasteiger partial charge in [-0.2, -0.15) is 5.48 Å². The normalized spacial score (nSPS) is 16.0. The Labute approximate surface area is 231 Å². The molecule has 0 spiro atoms. The highest BCUT2D eigenvalue weighted by molar-refractivity contribution is 5.88. The van der Waals surface area contributed by atoms with Crippen LogP contribution in [-0.4, -0.2) is 53.6 Å². The minimum absolute atomic E-state index is 0.188. The number of alkyl carbamates (subject to hydrolysis) is 1. The number of carbonyl (C=O) groups excluding carboxylic acids is 3. The van der Waals surface area contributed by atoms with Crippen LogP contribution in [0, 0.1) is 0 Å². The van der Waals surface area contributed by atoms with Crippen molar-refractivity contribution < 1.29 is 28.7 Å². The fraction of sp³-hybridized carbons (Fsp3) is 0.500. The van der Waals surface area contributed by atoms with Crippen molar-refractivity contribution in [1.82, 2.24) is 15.7 Å². The first-order chi connectivity index (χ1) is 18.7. The second-order valence-electron chi connectivity index (χ2n) is 10.7. The number of unbranched alkanes of at least 4 members (excludes halogenated alkanes) is 1. The van der Waals surface area contributed by atoms with Crippen molar-refractivity contribution in [1.29, 1.82) is 0 Å². The van der Waals surface area contributed by atoms with Crippen LogP contribution < -0.4 is 10.8 Å². The lowest BCUT2D eigenvalue weighted by molar-refractivity contribution is -0.164. The number of rotatable bonds is 13. The van der Waals surface area contributed by atoms with Crippen LogP contribution in [0.5, 0.6) is 0 Å². The van der Waals surface area contributed by atoms with Gasteiger partial charge in [0.15, 0.2) is 0 Å². The highest BCUT2D eigenvalue weighted by Crippen LogP contribution is 2.23. The summed E-state index contributed by atoms with van der Waals surface area (Å²) in [7, 11) is 0. The lowest BCUT2D eigenvalue weighted by Crippen LogP contribution is -2.51. The minimum atomic E-state index is -0.637. The first-order valence-electron chi connectivity index (χ1n) is 13.6. The van der Waals surface area contributed by atoms with E-state index in [1.807, 2.05) is 81.4 Å². The highest BCUT2D eigenvalue weighted by Gasteiger charge is 2.39. The van der Waals surface area contributed by atoms with E-state index in [0.29, 0.717) is 45.4 Å². The van der Waals surface area contributed by atoms with Crippen LogP contribution in [0.4, 0.5) is 4.79 Å². The molecule has 2 atom stereocenters. The number of hydrogen-bond donors (Lipinski definition) is 2. The molecule has 0 aliphatic carbocycles. The van der Waals surface area contributed by atoms with Crippen molar-refractivity contribution in [3.63, 3.8) is 0 Å². The van der Waals surface area contributed by atoms with Gasteiger partial charge in [0.1, 0.15) is 24.3 Å². The quantitative estimate of drug-likeness (QED) is 0.219. The van der Waals surface area contributed by atoms with Crippen molar-refractivity contribution in [3.8, 4) is 0 Å². The molecule has 39 heavy (non-hydrogen) atoms. The Morgan fingerprint density at radius 3 is 2.23 bits per heavy atom. The van der Waals surface area contributed by atoms with Gasteiger partial charge in [-0.3, -0.25) is 9.63 Å². The number of nitrogens with one attached hydrogen (secondary N) is 2. The van der Waals surface area contributed by atoms with Gasteiger partial charge in [0, 0.05) is 13.1 Å². The maximum absolute atomic E-state index is 13.5. The molecule has 1 fully saturated rings. The zero-order chi connectivity index (χ0) is 28.1. The third kappa shape index (κ3) is 10.7. The van der Waals surface area contributed by atoms with E-state index in [0.717, 1.165) is 17.5 Å². The average molecular weight is 540 g/mol. The summed E-state index contributed by atoms with van der Waals surface area (Å²) in [5.41, 5.74) is 4.20. The van der Waals surface area contributed by atoms with Crippen LogP contribution in [0.2, 0.25) is 0 Å². The number of esters is 1. The Bertz CT molecular complexity index is 1040. The standard InChI is InChI=1S/C30H41N3O6/c1-30(2,3)39-28(35)26-18-12-20-33(26)27(34)25(32-38-22-24-15-8-5-9-16-24)17-10-11-19-31-29(36)37-21-23-13-6-4-7-14-23/h4-9,13-16,25-26,32H,10-12,17-22H2,1-3H3,(H,31,36)/t25-,26-/m0/s1. The predicted octanol–water partition coefficient (Wildman–Crippen LogP) is 4.51. The molecular formula is C30H41N3O6. The van der Waals surface area contributed by atoms with E-state index < -0.39 is 23.8 Å². The van der Waals surface area contributed by atoms with Gasteiger partial charge in [0.05, 0.1) is 6.61 Å². The van der Waals surface area contributed by atoms with Crippen molar-refractivity contribution in [2.45, 2.75) is 83.8 Å². The molecule has 1 aliphatic rings. The molecule has 3 rings (SSSR count). The van der Waals surface area contributed by atoms with Crippen LogP contribution in [0.15, 0.2) is 60.7 Å². The van der Waals surface area contributed by atoms with E-state index >= 15 is 0 Å². The molecule has 0 saturated carbocycles. The third-order valence-electron chi connectivity index (χ3n) is 6.22. The van der Waals surface area contributed by atoms with E-state index in [2.05, 4.69) is 10.8 Å². The van der Waals surface area contributed by atoms with Crippen LogP contribution >= 0.6 is 0 Å². The summed E-state index contributed by atoms with van der Waals surface area (Å²) < 4.78 is 10.8. The molecule has 0 radical (unpaired) electrons. The van der Waals surface area contributed by atoms with E-state index in [9.17, 15) is 14.4 Å². The topological polar surface area (TPSA) is 106 Å². The molecular weight excluding hydrogens is 498 g/mol. The predicted molar refractivity (Wildman–Crippen MR) is 147 cm³/mol. The molecule has 2 amide bonds. The monoisotopic (exact) mass is 539 g/mol. The van der Waals surface area contributed by atoms with Crippen molar-refractivity contribution in [3.05, 3.63) is 71.8 Å². The fourth-order valence-corrected chi connectivity index (χ4v) is 4.32. The van der Waals surface area contributed by atoms with Gasteiger partial charge in [-0.05, 0) is 64.0 Å². The lowest BCUT2D eigenvalue weighted by atomic mass is 10.1. The highest BCUT2D eigenvalue weighted by atomic mass is 16.6. The van der Waals surface area contributed by atoms with Crippen molar-refractivity contribution in [2.75, 3.05) is 13.1 Å². The number of hydroxylamine groups is 1. The zero-order valence-electron chi connectivity index (χ0n) is 23.2. The molecule has 9 nitrogen and oxygen atoms in total. The zero-order valence-corrected chi connectivity index (χ0v) is 23.2. The molecule has 0 unspecified atom stereocenters. The Morgan fingerprint density at radius 1 is 0.949 bits per heavy atom. The van der Waals surface area contributed by atoms with E-state index in [-0.39, 0.29) is 18.5 Å². The molecule has 1 heterocycles. The Kier molecular flexibility index (Phi) is 11.8. The maximum Gasteiger partial charge on any atom is 0.407 e. The molecule has 9 heteroatoms. The van der Waals surface area contributed by atoms with Gasteiger partial charge in [0.2, 0.25) is 5.91 Å². The summed E-state index contributed by atoms with van der Waals surface area (Å²) >= 11 is 0. The van der Waals surface area contributed by atoms with E-state index in [1.165, 1.54) is 0 Å². The first-order valence-corrected chi connectivity index (χ1v) is 13.6.